The molecule has 1 aliphatic carbocycles. The molecular weight excluding hydrogens is 190 g/mol. The lowest BCUT2D eigenvalue weighted by atomic mass is 9.97. The number of likely N-dealkylation sites (tertiary alicyclic amines) is 1. The lowest BCUT2D eigenvalue weighted by Crippen LogP contribution is -2.55. The number of carbonyl (C=O) groups is 1. The van der Waals surface area contributed by atoms with Gasteiger partial charge >= 0.3 is 6.03 Å². The maximum atomic E-state index is 11.9. The summed E-state index contributed by atoms with van der Waals surface area (Å²) in [5, 5.41) is 3.04. The number of hydrogen-bond acceptors (Lipinski definition) is 2. The number of hydrogen-bond donors (Lipinski definition) is 2. The molecule has 1 aliphatic heterocycles. The van der Waals surface area contributed by atoms with Crippen LogP contribution in [0.15, 0.2) is 0 Å². The van der Waals surface area contributed by atoms with Crippen LogP contribution in [0.1, 0.15) is 39.0 Å². The van der Waals surface area contributed by atoms with Crippen LogP contribution in [-0.2, 0) is 0 Å². The molecule has 2 amide bonds. The van der Waals surface area contributed by atoms with E-state index < -0.39 is 0 Å². The van der Waals surface area contributed by atoms with E-state index in [1.54, 1.807) is 0 Å². The van der Waals surface area contributed by atoms with Gasteiger partial charge in [-0.15, -0.1) is 0 Å². The molecule has 0 aromatic carbocycles. The van der Waals surface area contributed by atoms with Gasteiger partial charge in [-0.1, -0.05) is 0 Å². The molecule has 2 fully saturated rings. The summed E-state index contributed by atoms with van der Waals surface area (Å²) in [5.74, 6) is 0. The summed E-state index contributed by atoms with van der Waals surface area (Å²) < 4.78 is 0. The van der Waals surface area contributed by atoms with E-state index >= 15 is 0 Å². The second kappa shape index (κ2) is 4.39. The monoisotopic (exact) mass is 211 g/mol. The lowest BCUT2D eigenvalue weighted by molar-refractivity contribution is 0.140. The first-order chi connectivity index (χ1) is 7.18. The van der Waals surface area contributed by atoms with E-state index in [4.69, 9.17) is 5.73 Å². The number of urea groups is 1. The molecule has 1 saturated carbocycles. The van der Waals surface area contributed by atoms with Crippen LogP contribution < -0.4 is 11.1 Å². The number of amides is 2. The Kier molecular flexibility index (Phi) is 3.14. The summed E-state index contributed by atoms with van der Waals surface area (Å²) in [7, 11) is 0. The highest BCUT2D eigenvalue weighted by Crippen LogP contribution is 2.22. The highest BCUT2D eigenvalue weighted by Gasteiger charge is 2.32. The highest BCUT2D eigenvalue weighted by atomic mass is 16.2. The van der Waals surface area contributed by atoms with Crippen LogP contribution >= 0.6 is 0 Å². The second-order valence-corrected chi connectivity index (χ2v) is 4.84. The Bertz CT molecular complexity index is 238. The van der Waals surface area contributed by atoms with Crippen molar-refractivity contribution in [2.24, 2.45) is 5.73 Å². The van der Waals surface area contributed by atoms with Crippen molar-refractivity contribution in [3.63, 3.8) is 0 Å². The summed E-state index contributed by atoms with van der Waals surface area (Å²) in [6, 6.07) is 0.848. The van der Waals surface area contributed by atoms with Gasteiger partial charge in [-0.2, -0.15) is 0 Å². The summed E-state index contributed by atoms with van der Waals surface area (Å²) in [6.07, 6.45) is 5.64. The van der Waals surface area contributed by atoms with Gasteiger partial charge in [0.05, 0.1) is 0 Å². The molecule has 1 saturated heterocycles. The average Bonchev–Trinajstić information content (AvgIpc) is 3.01. The third kappa shape index (κ3) is 2.62. The van der Waals surface area contributed by atoms with Gasteiger partial charge in [0.25, 0.3) is 0 Å². The number of carbonyl (C=O) groups excluding carboxylic acids is 1. The van der Waals surface area contributed by atoms with Crippen molar-refractivity contribution in [1.29, 1.82) is 0 Å². The predicted molar refractivity (Wildman–Crippen MR) is 59.5 cm³/mol. The zero-order valence-electron chi connectivity index (χ0n) is 9.41. The van der Waals surface area contributed by atoms with E-state index in [-0.39, 0.29) is 18.1 Å². The molecule has 0 aromatic rings. The van der Waals surface area contributed by atoms with Crippen molar-refractivity contribution in [3.05, 3.63) is 0 Å². The van der Waals surface area contributed by atoms with Crippen LogP contribution in [0.3, 0.4) is 0 Å². The summed E-state index contributed by atoms with van der Waals surface area (Å²) in [5.41, 5.74) is 5.92. The normalized spacial score (nSPS) is 28.7. The molecule has 3 N–H and O–H groups in total. The van der Waals surface area contributed by atoms with Gasteiger partial charge in [0.15, 0.2) is 0 Å². The molecule has 0 bridgehead atoms. The molecule has 15 heavy (non-hydrogen) atoms. The van der Waals surface area contributed by atoms with Gasteiger partial charge in [0, 0.05) is 24.7 Å². The second-order valence-electron chi connectivity index (χ2n) is 4.84. The van der Waals surface area contributed by atoms with Gasteiger partial charge in [0.1, 0.15) is 0 Å². The van der Waals surface area contributed by atoms with Gasteiger partial charge < -0.3 is 16.0 Å². The molecule has 86 valence electrons. The van der Waals surface area contributed by atoms with Crippen LogP contribution in [0.2, 0.25) is 0 Å². The van der Waals surface area contributed by atoms with Gasteiger partial charge in [-0.3, -0.25) is 0 Å². The third-order valence-electron chi connectivity index (χ3n) is 3.32. The summed E-state index contributed by atoms with van der Waals surface area (Å²) >= 11 is 0. The standard InChI is InChI=1S/C11H21N3O/c1-8(12)10-4-2-3-7-14(10)11(15)13-9-5-6-9/h8-10H,2-7,12H2,1H3,(H,13,15). The molecule has 2 unspecified atom stereocenters. The van der Waals surface area contributed by atoms with Crippen LogP contribution in [0.4, 0.5) is 4.79 Å². The van der Waals surface area contributed by atoms with E-state index in [1.807, 2.05) is 11.8 Å². The fourth-order valence-corrected chi connectivity index (χ4v) is 2.24. The molecule has 4 heteroatoms. The topological polar surface area (TPSA) is 58.4 Å². The SMILES string of the molecule is CC(N)C1CCCCN1C(=O)NC1CC1. The quantitative estimate of drug-likeness (QED) is 0.717. The Morgan fingerprint density at radius 1 is 1.40 bits per heavy atom. The Labute approximate surface area is 91.2 Å². The number of piperidine rings is 1. The minimum absolute atomic E-state index is 0.0789. The molecule has 2 aliphatic rings. The van der Waals surface area contributed by atoms with Crippen molar-refractivity contribution in [1.82, 2.24) is 10.2 Å². The Hall–Kier alpha value is -0.770. The maximum absolute atomic E-state index is 11.9. The van der Waals surface area contributed by atoms with Crippen molar-refractivity contribution in [3.8, 4) is 0 Å². The molecule has 2 atom stereocenters. The molecule has 0 spiro atoms. The van der Waals surface area contributed by atoms with E-state index in [2.05, 4.69) is 5.32 Å². The van der Waals surface area contributed by atoms with Crippen molar-refractivity contribution >= 4 is 6.03 Å². The van der Waals surface area contributed by atoms with Gasteiger partial charge in [0.2, 0.25) is 0 Å². The van der Waals surface area contributed by atoms with Crippen molar-refractivity contribution in [2.75, 3.05) is 6.54 Å². The molecular formula is C11H21N3O. The van der Waals surface area contributed by atoms with Crippen LogP contribution in [0.5, 0.6) is 0 Å². The fraction of sp³-hybridized carbons (Fsp3) is 0.909. The third-order valence-corrected chi connectivity index (χ3v) is 3.32. The van der Waals surface area contributed by atoms with Gasteiger partial charge in [-0.05, 0) is 39.0 Å². The number of rotatable bonds is 2. The van der Waals surface area contributed by atoms with Crippen molar-refractivity contribution in [2.45, 2.75) is 57.2 Å². The minimum Gasteiger partial charge on any atom is -0.335 e. The zero-order chi connectivity index (χ0) is 10.8. The van der Waals surface area contributed by atoms with E-state index in [1.165, 1.54) is 6.42 Å². The number of nitrogens with two attached hydrogens (primary N) is 1. The Balaban J connectivity index is 1.93. The van der Waals surface area contributed by atoms with Crippen molar-refractivity contribution < 1.29 is 4.79 Å². The van der Waals surface area contributed by atoms with E-state index in [0.29, 0.717) is 6.04 Å². The number of nitrogens with one attached hydrogen (secondary N) is 1. The van der Waals surface area contributed by atoms with E-state index in [0.717, 1.165) is 32.2 Å². The molecule has 0 aromatic heterocycles. The summed E-state index contributed by atoms with van der Waals surface area (Å²) in [4.78, 5) is 13.9. The Morgan fingerprint density at radius 3 is 2.73 bits per heavy atom. The number of nitrogens with zero attached hydrogens (tertiary/aromatic N) is 1. The largest absolute Gasteiger partial charge is 0.335 e. The van der Waals surface area contributed by atoms with Crippen LogP contribution in [0.25, 0.3) is 0 Å². The predicted octanol–water partition coefficient (Wildman–Crippen LogP) is 1.06. The molecule has 1 heterocycles. The fourth-order valence-electron chi connectivity index (χ4n) is 2.24. The highest BCUT2D eigenvalue weighted by molar-refractivity contribution is 5.75. The first-order valence-electron chi connectivity index (χ1n) is 6.01. The lowest BCUT2D eigenvalue weighted by Gasteiger charge is -2.38. The first-order valence-corrected chi connectivity index (χ1v) is 6.01. The summed E-state index contributed by atoms with van der Waals surface area (Å²) in [6.45, 7) is 2.86. The zero-order valence-corrected chi connectivity index (χ0v) is 9.41. The first kappa shape index (κ1) is 10.7. The van der Waals surface area contributed by atoms with Crippen LogP contribution in [-0.4, -0.2) is 35.6 Å². The van der Waals surface area contributed by atoms with Gasteiger partial charge in [-0.25, -0.2) is 4.79 Å². The van der Waals surface area contributed by atoms with E-state index in [9.17, 15) is 4.79 Å². The average molecular weight is 211 g/mol. The molecule has 2 rings (SSSR count). The maximum Gasteiger partial charge on any atom is 0.317 e. The molecule has 0 radical (unpaired) electrons. The smallest absolute Gasteiger partial charge is 0.317 e. The Morgan fingerprint density at radius 2 is 2.13 bits per heavy atom. The molecule has 4 nitrogen and oxygen atoms in total. The van der Waals surface area contributed by atoms with Crippen LogP contribution in [0, 0.1) is 0 Å². The minimum atomic E-state index is 0.0789.